The van der Waals surface area contributed by atoms with E-state index in [-0.39, 0.29) is 9.79 Å². The van der Waals surface area contributed by atoms with Crippen LogP contribution in [0.3, 0.4) is 0 Å². The minimum Gasteiger partial charge on any atom is -0.282 e. The van der Waals surface area contributed by atoms with Gasteiger partial charge in [-0.25, -0.2) is 8.42 Å². The van der Waals surface area contributed by atoms with Crippen molar-refractivity contribution in [2.45, 2.75) is 23.6 Å². The molecule has 7 heteroatoms. The van der Waals surface area contributed by atoms with Crippen molar-refractivity contribution in [3.8, 4) is 0 Å². The molecule has 90 valence electrons. The van der Waals surface area contributed by atoms with Gasteiger partial charge in [0.15, 0.2) is 9.84 Å². The molecule has 0 bridgehead atoms. The van der Waals surface area contributed by atoms with Crippen molar-refractivity contribution in [2.24, 2.45) is 0 Å². The van der Waals surface area contributed by atoms with E-state index in [1.807, 2.05) is 0 Å². The van der Waals surface area contributed by atoms with Crippen LogP contribution in [0.4, 0.5) is 0 Å². The summed E-state index contributed by atoms with van der Waals surface area (Å²) in [5.41, 5.74) is 0.764. The van der Waals surface area contributed by atoms with Crippen LogP contribution in [-0.4, -0.2) is 27.6 Å². The largest absolute Gasteiger partial charge is 0.294 e. The molecule has 0 fully saturated rings. The predicted molar refractivity (Wildman–Crippen MR) is 58.8 cm³/mol. The summed E-state index contributed by atoms with van der Waals surface area (Å²) in [6, 6.07) is 2.40. The normalized spacial score (nSPS) is 12.8. The van der Waals surface area contributed by atoms with Crippen LogP contribution in [0, 0.1) is 13.8 Å². The molecule has 1 aromatic carbocycles. The summed E-state index contributed by atoms with van der Waals surface area (Å²) in [6.07, 6.45) is 0.985. The fourth-order valence-corrected chi connectivity index (χ4v) is 3.27. The quantitative estimate of drug-likeness (QED) is 0.803. The molecule has 0 heterocycles. The van der Waals surface area contributed by atoms with Gasteiger partial charge in [-0.05, 0) is 31.0 Å². The summed E-state index contributed by atoms with van der Waals surface area (Å²) in [5.74, 6) is 0. The molecule has 0 unspecified atom stereocenters. The van der Waals surface area contributed by atoms with Gasteiger partial charge in [-0.3, -0.25) is 4.55 Å². The third-order valence-electron chi connectivity index (χ3n) is 2.15. The average Bonchev–Trinajstić information content (AvgIpc) is 1.97. The van der Waals surface area contributed by atoms with Crippen molar-refractivity contribution in [1.29, 1.82) is 0 Å². The van der Waals surface area contributed by atoms with Gasteiger partial charge in [-0.2, -0.15) is 8.42 Å². The second-order valence-corrected chi connectivity index (χ2v) is 7.00. The fraction of sp³-hybridized carbons (Fsp3) is 0.333. The van der Waals surface area contributed by atoms with Crippen molar-refractivity contribution in [3.05, 3.63) is 23.3 Å². The van der Waals surface area contributed by atoms with E-state index in [4.69, 9.17) is 4.55 Å². The third kappa shape index (κ3) is 2.60. The molecule has 0 aliphatic carbocycles. The van der Waals surface area contributed by atoms with E-state index in [1.165, 1.54) is 13.0 Å². The summed E-state index contributed by atoms with van der Waals surface area (Å²) in [6.45, 7) is 3.05. The summed E-state index contributed by atoms with van der Waals surface area (Å²) in [5, 5.41) is 0. The van der Waals surface area contributed by atoms with E-state index < -0.39 is 20.0 Å². The highest BCUT2D eigenvalue weighted by Crippen LogP contribution is 2.23. The van der Waals surface area contributed by atoms with Gasteiger partial charge in [0.1, 0.15) is 0 Å². The van der Waals surface area contributed by atoms with E-state index in [1.54, 1.807) is 6.92 Å². The van der Waals surface area contributed by atoms with E-state index in [9.17, 15) is 16.8 Å². The molecular formula is C9H12O5S2. The fourth-order valence-electron chi connectivity index (χ4n) is 1.49. The number of sulfone groups is 1. The standard InChI is InChI=1S/C9H12O5S2/c1-6-4-7(2)9(16(12,13)14)5-8(6)15(3,10)11/h4-5H,1-3H3,(H,12,13,14). The maximum Gasteiger partial charge on any atom is 0.294 e. The van der Waals surface area contributed by atoms with Crippen LogP contribution in [0.2, 0.25) is 0 Å². The van der Waals surface area contributed by atoms with Crippen LogP contribution in [0.25, 0.3) is 0 Å². The molecule has 0 radical (unpaired) electrons. The molecule has 0 saturated carbocycles. The molecule has 5 nitrogen and oxygen atoms in total. The van der Waals surface area contributed by atoms with Crippen LogP contribution in [0.1, 0.15) is 11.1 Å². The molecule has 0 amide bonds. The zero-order valence-corrected chi connectivity index (χ0v) is 10.7. The van der Waals surface area contributed by atoms with Crippen LogP contribution >= 0.6 is 0 Å². The van der Waals surface area contributed by atoms with Crippen molar-refractivity contribution in [3.63, 3.8) is 0 Å². The molecule has 0 spiro atoms. The Balaban J connectivity index is 3.72. The monoisotopic (exact) mass is 264 g/mol. The number of aryl methyl sites for hydroxylation is 2. The van der Waals surface area contributed by atoms with Crippen molar-refractivity contribution in [1.82, 2.24) is 0 Å². The van der Waals surface area contributed by atoms with Gasteiger partial charge in [0.05, 0.1) is 9.79 Å². The number of hydrogen-bond donors (Lipinski definition) is 1. The maximum absolute atomic E-state index is 11.4. The van der Waals surface area contributed by atoms with Gasteiger partial charge in [-0.15, -0.1) is 0 Å². The molecule has 1 aromatic rings. The summed E-state index contributed by atoms with van der Waals surface area (Å²) < 4.78 is 53.7. The SMILES string of the molecule is Cc1cc(C)c(S(=O)(=O)O)cc1S(C)(=O)=O. The summed E-state index contributed by atoms with van der Waals surface area (Å²) in [4.78, 5) is -0.468. The highest BCUT2D eigenvalue weighted by atomic mass is 32.2. The smallest absolute Gasteiger partial charge is 0.282 e. The molecular weight excluding hydrogens is 252 g/mol. The second kappa shape index (κ2) is 3.83. The maximum atomic E-state index is 11.4. The lowest BCUT2D eigenvalue weighted by molar-refractivity contribution is 0.482. The Morgan fingerprint density at radius 2 is 1.38 bits per heavy atom. The van der Waals surface area contributed by atoms with Crippen molar-refractivity contribution in [2.75, 3.05) is 6.26 Å². The Labute approximate surface area is 94.8 Å². The van der Waals surface area contributed by atoms with Gasteiger partial charge in [0.2, 0.25) is 0 Å². The van der Waals surface area contributed by atoms with Crippen molar-refractivity contribution < 1.29 is 21.4 Å². The van der Waals surface area contributed by atoms with Crippen LogP contribution in [0.5, 0.6) is 0 Å². The first kappa shape index (κ1) is 13.1. The van der Waals surface area contributed by atoms with Crippen molar-refractivity contribution >= 4 is 20.0 Å². The first-order valence-corrected chi connectivity index (χ1v) is 7.65. The van der Waals surface area contributed by atoms with E-state index in [0.29, 0.717) is 11.1 Å². The van der Waals surface area contributed by atoms with Gasteiger partial charge in [0, 0.05) is 6.26 Å². The van der Waals surface area contributed by atoms with Gasteiger partial charge < -0.3 is 0 Å². The molecule has 0 atom stereocenters. The Hall–Kier alpha value is -0.920. The summed E-state index contributed by atoms with van der Waals surface area (Å²) >= 11 is 0. The zero-order chi connectivity index (χ0) is 12.7. The molecule has 1 N–H and O–H groups in total. The average molecular weight is 264 g/mol. The molecule has 16 heavy (non-hydrogen) atoms. The highest BCUT2D eigenvalue weighted by molar-refractivity contribution is 7.90. The zero-order valence-electron chi connectivity index (χ0n) is 9.05. The Morgan fingerprint density at radius 1 is 0.938 bits per heavy atom. The molecule has 0 aliphatic rings. The molecule has 1 rings (SSSR count). The first-order valence-electron chi connectivity index (χ1n) is 4.32. The summed E-state index contributed by atoms with van der Waals surface area (Å²) in [7, 11) is -7.91. The minimum atomic E-state index is -4.40. The lowest BCUT2D eigenvalue weighted by atomic mass is 10.2. The highest BCUT2D eigenvalue weighted by Gasteiger charge is 2.19. The molecule has 0 aliphatic heterocycles. The molecule has 0 saturated heterocycles. The van der Waals surface area contributed by atoms with Gasteiger partial charge in [-0.1, -0.05) is 6.07 Å². The third-order valence-corrected chi connectivity index (χ3v) is 4.38. The van der Waals surface area contributed by atoms with E-state index >= 15 is 0 Å². The van der Waals surface area contributed by atoms with Crippen LogP contribution in [-0.2, 0) is 20.0 Å². The number of benzene rings is 1. The minimum absolute atomic E-state index is 0.0919. The first-order chi connectivity index (χ1) is 7.03. The number of hydrogen-bond acceptors (Lipinski definition) is 4. The molecule has 0 aromatic heterocycles. The van der Waals surface area contributed by atoms with E-state index in [0.717, 1.165) is 12.3 Å². The van der Waals surface area contributed by atoms with Crippen LogP contribution < -0.4 is 0 Å². The lowest BCUT2D eigenvalue weighted by Gasteiger charge is -2.08. The predicted octanol–water partition coefficient (Wildman–Crippen LogP) is 0.954. The number of rotatable bonds is 2. The second-order valence-electron chi connectivity index (χ2n) is 3.63. The van der Waals surface area contributed by atoms with E-state index in [2.05, 4.69) is 0 Å². The van der Waals surface area contributed by atoms with Gasteiger partial charge in [0.25, 0.3) is 10.1 Å². The van der Waals surface area contributed by atoms with Gasteiger partial charge >= 0.3 is 0 Å². The Kier molecular flexibility index (Phi) is 3.15. The van der Waals surface area contributed by atoms with Crippen LogP contribution in [0.15, 0.2) is 21.9 Å². The topological polar surface area (TPSA) is 88.5 Å². The lowest BCUT2D eigenvalue weighted by Crippen LogP contribution is -2.06. The Morgan fingerprint density at radius 3 is 1.75 bits per heavy atom. The Bertz CT molecular complexity index is 573.